The first kappa shape index (κ1) is 17.0. The molecular weight excluding hydrogens is 208 g/mol. The van der Waals surface area contributed by atoms with Gasteiger partial charge in [-0.05, 0) is 19.3 Å². The van der Waals surface area contributed by atoms with E-state index in [2.05, 4.69) is 20.8 Å². The molecule has 1 unspecified atom stereocenters. The monoisotopic (exact) mass is 241 g/mol. The Morgan fingerprint density at radius 1 is 0.765 bits per heavy atom. The Hall–Kier alpha value is -0.0400. The first-order valence-corrected chi connectivity index (χ1v) is 7.52. The first-order valence-electron chi connectivity index (χ1n) is 7.52. The van der Waals surface area contributed by atoms with Crippen molar-refractivity contribution >= 4 is 0 Å². The maximum atomic E-state index is 5.13. The standard InChI is InChI=1S/C16H33O/c1-15(2)13-11-9-7-5-6-8-10-12-14-16(3)17-4/h15-16H,3,5-14H2,1-2,4H3. The maximum absolute atomic E-state index is 5.13. The third-order valence-corrected chi connectivity index (χ3v) is 3.39. The van der Waals surface area contributed by atoms with E-state index in [0.29, 0.717) is 0 Å². The summed E-state index contributed by atoms with van der Waals surface area (Å²) >= 11 is 0. The number of methoxy groups -OCH3 is 1. The molecule has 0 N–H and O–H groups in total. The maximum Gasteiger partial charge on any atom is 0.0572 e. The molecule has 17 heavy (non-hydrogen) atoms. The molecule has 0 aliphatic carbocycles. The van der Waals surface area contributed by atoms with Gasteiger partial charge in [0.2, 0.25) is 0 Å². The number of hydrogen-bond donors (Lipinski definition) is 0. The van der Waals surface area contributed by atoms with Crippen LogP contribution in [0, 0.1) is 12.8 Å². The quantitative estimate of drug-likeness (QED) is 0.416. The third kappa shape index (κ3) is 13.9. The molecule has 0 amide bonds. The van der Waals surface area contributed by atoms with Crippen molar-refractivity contribution in [2.75, 3.05) is 7.11 Å². The highest BCUT2D eigenvalue weighted by molar-refractivity contribution is 4.59. The highest BCUT2D eigenvalue weighted by Crippen LogP contribution is 2.13. The van der Waals surface area contributed by atoms with Crippen LogP contribution in [0.2, 0.25) is 0 Å². The van der Waals surface area contributed by atoms with E-state index in [0.717, 1.165) is 12.3 Å². The van der Waals surface area contributed by atoms with Gasteiger partial charge in [0, 0.05) is 7.11 Å². The molecule has 0 rings (SSSR count). The average molecular weight is 241 g/mol. The number of ether oxygens (including phenoxy) is 1. The molecule has 1 heteroatoms. The molecule has 0 aromatic heterocycles. The van der Waals surface area contributed by atoms with Gasteiger partial charge in [-0.25, -0.2) is 0 Å². The minimum absolute atomic E-state index is 0.200. The zero-order chi connectivity index (χ0) is 12.9. The molecule has 0 saturated heterocycles. The zero-order valence-corrected chi connectivity index (χ0v) is 12.3. The van der Waals surface area contributed by atoms with Gasteiger partial charge < -0.3 is 4.74 Å². The lowest BCUT2D eigenvalue weighted by Gasteiger charge is -2.08. The number of hydrogen-bond acceptors (Lipinski definition) is 1. The van der Waals surface area contributed by atoms with Crippen LogP contribution in [-0.2, 0) is 4.74 Å². The topological polar surface area (TPSA) is 9.23 Å². The van der Waals surface area contributed by atoms with Gasteiger partial charge in [0.1, 0.15) is 0 Å². The van der Waals surface area contributed by atoms with Crippen LogP contribution in [0.25, 0.3) is 0 Å². The van der Waals surface area contributed by atoms with Gasteiger partial charge in [-0.1, -0.05) is 71.6 Å². The van der Waals surface area contributed by atoms with Crippen LogP contribution >= 0.6 is 0 Å². The van der Waals surface area contributed by atoms with Gasteiger partial charge in [-0.15, -0.1) is 0 Å². The van der Waals surface area contributed by atoms with E-state index in [1.54, 1.807) is 7.11 Å². The zero-order valence-electron chi connectivity index (χ0n) is 12.3. The summed E-state index contributed by atoms with van der Waals surface area (Å²) in [6.07, 6.45) is 13.9. The SMILES string of the molecule is [CH2]C(CCCCCCCCCCC(C)C)OC. The number of unbranched alkanes of at least 4 members (excludes halogenated alkanes) is 7. The van der Waals surface area contributed by atoms with Crippen LogP contribution in [0.3, 0.4) is 0 Å². The van der Waals surface area contributed by atoms with E-state index < -0.39 is 0 Å². The summed E-state index contributed by atoms with van der Waals surface area (Å²) in [4.78, 5) is 0. The summed E-state index contributed by atoms with van der Waals surface area (Å²) in [5.74, 6) is 0.881. The number of rotatable bonds is 12. The van der Waals surface area contributed by atoms with E-state index >= 15 is 0 Å². The minimum atomic E-state index is 0.200. The van der Waals surface area contributed by atoms with Gasteiger partial charge in [0.05, 0.1) is 6.10 Å². The summed E-state index contributed by atoms with van der Waals surface area (Å²) in [5.41, 5.74) is 0. The molecule has 1 radical (unpaired) electrons. The van der Waals surface area contributed by atoms with Gasteiger partial charge in [0.25, 0.3) is 0 Å². The summed E-state index contributed by atoms with van der Waals surface area (Å²) in [5, 5.41) is 0. The van der Waals surface area contributed by atoms with Crippen molar-refractivity contribution in [1.29, 1.82) is 0 Å². The second kappa shape index (κ2) is 12.4. The normalized spacial score (nSPS) is 13.2. The van der Waals surface area contributed by atoms with E-state index in [1.165, 1.54) is 57.8 Å². The van der Waals surface area contributed by atoms with Crippen LogP contribution < -0.4 is 0 Å². The molecule has 1 atom stereocenters. The fourth-order valence-corrected chi connectivity index (χ4v) is 2.10. The molecular formula is C16H33O. The van der Waals surface area contributed by atoms with Crippen LogP contribution in [0.15, 0.2) is 0 Å². The smallest absolute Gasteiger partial charge is 0.0572 e. The molecule has 0 bridgehead atoms. The molecule has 0 spiro atoms. The summed E-state index contributed by atoms with van der Waals surface area (Å²) in [6.45, 7) is 8.55. The Labute approximate surface area is 109 Å². The molecule has 0 aromatic carbocycles. The second-order valence-electron chi connectivity index (χ2n) is 5.66. The highest BCUT2D eigenvalue weighted by atomic mass is 16.5. The Morgan fingerprint density at radius 2 is 1.18 bits per heavy atom. The largest absolute Gasteiger partial charge is 0.381 e. The molecule has 103 valence electrons. The Bertz CT molecular complexity index is 142. The lowest BCUT2D eigenvalue weighted by atomic mass is 10.0. The molecule has 0 saturated carbocycles. The van der Waals surface area contributed by atoms with E-state index in [4.69, 9.17) is 4.74 Å². The molecule has 0 aromatic rings. The van der Waals surface area contributed by atoms with Gasteiger partial charge in [-0.3, -0.25) is 0 Å². The van der Waals surface area contributed by atoms with Crippen LogP contribution in [0.5, 0.6) is 0 Å². The van der Waals surface area contributed by atoms with Crippen molar-refractivity contribution in [2.24, 2.45) is 5.92 Å². The predicted molar refractivity (Wildman–Crippen MR) is 77.2 cm³/mol. The van der Waals surface area contributed by atoms with E-state index in [9.17, 15) is 0 Å². The summed E-state index contributed by atoms with van der Waals surface area (Å²) in [6, 6.07) is 0. The van der Waals surface area contributed by atoms with Crippen LogP contribution in [0.1, 0.15) is 78.1 Å². The van der Waals surface area contributed by atoms with Crippen molar-refractivity contribution in [3.05, 3.63) is 6.92 Å². The van der Waals surface area contributed by atoms with Gasteiger partial charge in [0.15, 0.2) is 0 Å². The lowest BCUT2D eigenvalue weighted by Crippen LogP contribution is -2.04. The molecule has 1 nitrogen and oxygen atoms in total. The average Bonchev–Trinajstić information content (AvgIpc) is 2.30. The minimum Gasteiger partial charge on any atom is -0.381 e. The first-order chi connectivity index (χ1) is 8.16. The molecule has 0 aliphatic rings. The van der Waals surface area contributed by atoms with E-state index in [-0.39, 0.29) is 6.10 Å². The Balaban J connectivity index is 2.99. The Kier molecular flexibility index (Phi) is 12.4. The van der Waals surface area contributed by atoms with Crippen molar-refractivity contribution in [3.8, 4) is 0 Å². The second-order valence-corrected chi connectivity index (χ2v) is 5.66. The Morgan fingerprint density at radius 3 is 1.59 bits per heavy atom. The van der Waals surface area contributed by atoms with Crippen molar-refractivity contribution in [3.63, 3.8) is 0 Å². The highest BCUT2D eigenvalue weighted by Gasteiger charge is 1.99. The third-order valence-electron chi connectivity index (χ3n) is 3.39. The predicted octanol–water partition coefficient (Wildman–Crippen LogP) is 5.39. The summed E-state index contributed by atoms with van der Waals surface area (Å²) in [7, 11) is 1.74. The van der Waals surface area contributed by atoms with Crippen molar-refractivity contribution < 1.29 is 4.74 Å². The van der Waals surface area contributed by atoms with Gasteiger partial charge >= 0.3 is 0 Å². The molecule has 0 aliphatic heterocycles. The van der Waals surface area contributed by atoms with E-state index in [1.807, 2.05) is 0 Å². The molecule has 0 fully saturated rings. The lowest BCUT2D eigenvalue weighted by molar-refractivity contribution is 0.128. The fourth-order valence-electron chi connectivity index (χ4n) is 2.10. The van der Waals surface area contributed by atoms with Gasteiger partial charge in [-0.2, -0.15) is 0 Å². The summed E-state index contributed by atoms with van der Waals surface area (Å²) < 4.78 is 5.13. The van der Waals surface area contributed by atoms with Crippen molar-refractivity contribution in [2.45, 2.75) is 84.2 Å². The van der Waals surface area contributed by atoms with Crippen molar-refractivity contribution in [1.82, 2.24) is 0 Å². The molecule has 0 heterocycles. The van der Waals surface area contributed by atoms with Crippen LogP contribution in [-0.4, -0.2) is 13.2 Å². The van der Waals surface area contributed by atoms with Crippen LogP contribution in [0.4, 0.5) is 0 Å². The fraction of sp³-hybridized carbons (Fsp3) is 0.938.